The second-order valence-electron chi connectivity index (χ2n) is 10.2. The van der Waals surface area contributed by atoms with Gasteiger partial charge in [0.25, 0.3) is 5.91 Å². The van der Waals surface area contributed by atoms with Crippen LogP contribution in [0.15, 0.2) is 42.5 Å². The summed E-state index contributed by atoms with van der Waals surface area (Å²) in [5, 5.41) is 15.5. The number of aryl methyl sites for hydroxylation is 2. The highest BCUT2D eigenvalue weighted by Crippen LogP contribution is 2.28. The Morgan fingerprint density at radius 3 is 2.28 bits per heavy atom. The van der Waals surface area contributed by atoms with E-state index in [0.29, 0.717) is 29.2 Å². The molecule has 0 aromatic heterocycles. The predicted molar refractivity (Wildman–Crippen MR) is 155 cm³/mol. The minimum absolute atomic E-state index is 0.112. The minimum Gasteiger partial charge on any atom is -0.497 e. The second kappa shape index (κ2) is 14.8. The molecule has 2 atom stereocenters. The predicted octanol–water partition coefficient (Wildman–Crippen LogP) is 4.46. The standard InChI is InChI=1S/C29H41N3O6S/c1-19-8-13-23(20(2)18-19)25(26(34)30-21-9-11-22(37-6)12-10-21)32(15-16-33)27(35)24(14-17-39-7)31-28(36)38-29(3,4)5/h8-13,18,24-25,33H,14-17H2,1-7H3,(H,30,34)(H,31,36). The van der Waals surface area contributed by atoms with E-state index in [1.165, 1.54) is 16.7 Å². The summed E-state index contributed by atoms with van der Waals surface area (Å²) >= 11 is 1.53. The SMILES string of the molecule is COc1ccc(NC(=O)C(c2ccc(C)cc2C)N(CCO)C(=O)C(CCSC)NC(=O)OC(C)(C)C)cc1. The quantitative estimate of drug-likeness (QED) is 0.352. The molecule has 0 fully saturated rings. The number of nitrogens with zero attached hydrogens (tertiary/aromatic N) is 1. The number of hydrogen-bond donors (Lipinski definition) is 3. The lowest BCUT2D eigenvalue weighted by Crippen LogP contribution is -2.53. The van der Waals surface area contributed by atoms with Crippen LogP contribution >= 0.6 is 11.8 Å². The van der Waals surface area contributed by atoms with Crippen LogP contribution in [-0.4, -0.2) is 71.8 Å². The maximum Gasteiger partial charge on any atom is 0.408 e. The Kier molecular flexibility index (Phi) is 12.1. The Bertz CT molecular complexity index is 1120. The van der Waals surface area contributed by atoms with Gasteiger partial charge in [-0.2, -0.15) is 11.8 Å². The van der Waals surface area contributed by atoms with Crippen molar-refractivity contribution in [1.82, 2.24) is 10.2 Å². The number of methoxy groups -OCH3 is 1. The lowest BCUT2D eigenvalue weighted by atomic mass is 9.96. The third-order valence-corrected chi connectivity index (χ3v) is 6.51. The topological polar surface area (TPSA) is 117 Å². The number of thioether (sulfide) groups is 1. The first-order chi connectivity index (χ1) is 18.4. The van der Waals surface area contributed by atoms with Crippen LogP contribution in [0.1, 0.15) is 49.9 Å². The molecule has 3 N–H and O–H groups in total. The molecule has 0 spiro atoms. The van der Waals surface area contributed by atoms with Crippen molar-refractivity contribution in [3.05, 3.63) is 59.2 Å². The fraction of sp³-hybridized carbons (Fsp3) is 0.483. The minimum atomic E-state index is -1.07. The first-order valence-corrected chi connectivity index (χ1v) is 14.2. The molecule has 0 saturated heterocycles. The second-order valence-corrected chi connectivity index (χ2v) is 11.2. The zero-order valence-corrected chi connectivity index (χ0v) is 24.7. The number of carbonyl (C=O) groups is 3. The van der Waals surface area contributed by atoms with Gasteiger partial charge in [0.15, 0.2) is 0 Å². The monoisotopic (exact) mass is 559 g/mol. The van der Waals surface area contributed by atoms with Gasteiger partial charge in [0, 0.05) is 12.2 Å². The zero-order chi connectivity index (χ0) is 29.2. The fourth-order valence-electron chi connectivity index (χ4n) is 4.09. The number of amides is 3. The lowest BCUT2D eigenvalue weighted by molar-refractivity contribution is -0.141. The molecule has 2 aromatic rings. The van der Waals surface area contributed by atoms with E-state index in [2.05, 4.69) is 10.6 Å². The van der Waals surface area contributed by atoms with Crippen molar-refractivity contribution < 1.29 is 29.0 Å². The van der Waals surface area contributed by atoms with Crippen LogP contribution in [0.2, 0.25) is 0 Å². The summed E-state index contributed by atoms with van der Waals surface area (Å²) in [5.74, 6) is 0.292. The first kappa shape index (κ1) is 32.0. The molecular weight excluding hydrogens is 518 g/mol. The summed E-state index contributed by atoms with van der Waals surface area (Å²) in [7, 11) is 1.56. The molecular formula is C29H41N3O6S. The highest BCUT2D eigenvalue weighted by Gasteiger charge is 2.36. The van der Waals surface area contributed by atoms with Crippen molar-refractivity contribution in [3.63, 3.8) is 0 Å². The van der Waals surface area contributed by atoms with Gasteiger partial charge in [-0.1, -0.05) is 23.8 Å². The van der Waals surface area contributed by atoms with Gasteiger partial charge in [0.2, 0.25) is 5.91 Å². The van der Waals surface area contributed by atoms with Crippen LogP contribution in [-0.2, 0) is 14.3 Å². The third-order valence-electron chi connectivity index (χ3n) is 5.86. The van der Waals surface area contributed by atoms with Gasteiger partial charge in [-0.15, -0.1) is 0 Å². The molecule has 0 radical (unpaired) electrons. The number of alkyl carbamates (subject to hydrolysis) is 1. The van der Waals surface area contributed by atoms with Crippen molar-refractivity contribution in [2.75, 3.05) is 37.6 Å². The highest BCUT2D eigenvalue weighted by atomic mass is 32.2. The van der Waals surface area contributed by atoms with E-state index < -0.39 is 35.6 Å². The number of carbonyl (C=O) groups excluding carboxylic acids is 3. The van der Waals surface area contributed by atoms with E-state index in [1.807, 2.05) is 38.3 Å². The van der Waals surface area contributed by atoms with E-state index in [0.717, 1.165) is 11.1 Å². The van der Waals surface area contributed by atoms with Gasteiger partial charge in [-0.05, 0) is 88.4 Å². The molecule has 39 heavy (non-hydrogen) atoms. The van der Waals surface area contributed by atoms with Crippen molar-refractivity contribution in [1.29, 1.82) is 0 Å². The van der Waals surface area contributed by atoms with Gasteiger partial charge in [-0.25, -0.2) is 4.79 Å². The van der Waals surface area contributed by atoms with Gasteiger partial charge >= 0.3 is 6.09 Å². The number of nitrogens with one attached hydrogen (secondary N) is 2. The summed E-state index contributed by atoms with van der Waals surface area (Å²) in [6.45, 7) is 8.56. The summed E-state index contributed by atoms with van der Waals surface area (Å²) in [4.78, 5) is 41.8. The molecule has 0 heterocycles. The number of anilines is 1. The molecule has 0 aliphatic carbocycles. The number of benzene rings is 2. The van der Waals surface area contributed by atoms with E-state index in [1.54, 1.807) is 52.1 Å². The largest absolute Gasteiger partial charge is 0.497 e. The molecule has 9 nitrogen and oxygen atoms in total. The van der Waals surface area contributed by atoms with E-state index >= 15 is 0 Å². The Morgan fingerprint density at radius 1 is 1.08 bits per heavy atom. The van der Waals surface area contributed by atoms with Gasteiger partial charge in [-0.3, -0.25) is 9.59 Å². The summed E-state index contributed by atoms with van der Waals surface area (Å²) in [6, 6.07) is 10.5. The van der Waals surface area contributed by atoms with Crippen LogP contribution in [0.5, 0.6) is 5.75 Å². The molecule has 10 heteroatoms. The number of ether oxygens (including phenoxy) is 2. The van der Waals surface area contributed by atoms with Crippen molar-refractivity contribution >= 4 is 35.4 Å². The van der Waals surface area contributed by atoms with Crippen LogP contribution in [0, 0.1) is 13.8 Å². The molecule has 214 valence electrons. The molecule has 2 unspecified atom stereocenters. The van der Waals surface area contributed by atoms with Gasteiger partial charge in [0.05, 0.1) is 13.7 Å². The maximum absolute atomic E-state index is 14.0. The van der Waals surface area contributed by atoms with Crippen LogP contribution < -0.4 is 15.4 Å². The fourth-order valence-corrected chi connectivity index (χ4v) is 4.56. The number of hydrogen-bond acceptors (Lipinski definition) is 7. The normalized spacial score (nSPS) is 12.7. The van der Waals surface area contributed by atoms with E-state index in [-0.39, 0.29) is 13.2 Å². The Labute approximate surface area is 235 Å². The average Bonchev–Trinajstić information content (AvgIpc) is 2.86. The van der Waals surface area contributed by atoms with Gasteiger partial charge < -0.3 is 30.1 Å². The highest BCUT2D eigenvalue weighted by molar-refractivity contribution is 7.98. The molecule has 0 bridgehead atoms. The number of aliphatic hydroxyl groups excluding tert-OH is 1. The van der Waals surface area contributed by atoms with E-state index in [9.17, 15) is 19.5 Å². The smallest absolute Gasteiger partial charge is 0.408 e. The first-order valence-electron chi connectivity index (χ1n) is 12.8. The van der Waals surface area contributed by atoms with Crippen molar-refractivity contribution in [3.8, 4) is 5.75 Å². The molecule has 0 aliphatic rings. The Balaban J connectivity index is 2.51. The molecule has 2 rings (SSSR count). The zero-order valence-electron chi connectivity index (χ0n) is 23.9. The Hall–Kier alpha value is -3.24. The van der Waals surface area contributed by atoms with E-state index in [4.69, 9.17) is 9.47 Å². The molecule has 0 aliphatic heterocycles. The molecule has 0 saturated carbocycles. The number of aliphatic hydroxyl groups is 1. The van der Waals surface area contributed by atoms with Crippen molar-refractivity contribution in [2.24, 2.45) is 0 Å². The summed E-state index contributed by atoms with van der Waals surface area (Å²) in [5.41, 5.74) is 2.23. The average molecular weight is 560 g/mol. The van der Waals surface area contributed by atoms with Crippen LogP contribution in [0.3, 0.4) is 0 Å². The van der Waals surface area contributed by atoms with Crippen molar-refractivity contribution in [2.45, 2.75) is 58.7 Å². The summed E-state index contributed by atoms with van der Waals surface area (Å²) < 4.78 is 10.6. The maximum atomic E-state index is 14.0. The molecule has 2 aromatic carbocycles. The third kappa shape index (κ3) is 9.78. The lowest BCUT2D eigenvalue weighted by Gasteiger charge is -2.34. The molecule has 3 amide bonds. The summed E-state index contributed by atoms with van der Waals surface area (Å²) in [6.07, 6.45) is 1.50. The number of rotatable bonds is 12. The van der Waals surface area contributed by atoms with Crippen LogP contribution in [0.4, 0.5) is 10.5 Å². The Morgan fingerprint density at radius 2 is 1.74 bits per heavy atom. The van der Waals surface area contributed by atoms with Gasteiger partial charge in [0.1, 0.15) is 23.4 Å². The van der Waals surface area contributed by atoms with Crippen LogP contribution in [0.25, 0.3) is 0 Å².